The van der Waals surface area contributed by atoms with E-state index >= 15 is 0 Å². The second kappa shape index (κ2) is 5.81. The minimum Gasteiger partial charge on any atom is -0.248 e. The van der Waals surface area contributed by atoms with Crippen LogP contribution in [-0.2, 0) is 6.42 Å². The van der Waals surface area contributed by atoms with Crippen molar-refractivity contribution >= 4 is 10.9 Å². The van der Waals surface area contributed by atoms with Gasteiger partial charge in [-0.25, -0.2) is 4.98 Å². The minimum absolute atomic E-state index is 0.456. The first-order chi connectivity index (χ1) is 11.2. The van der Waals surface area contributed by atoms with Crippen molar-refractivity contribution in [2.45, 2.75) is 39.0 Å². The van der Waals surface area contributed by atoms with E-state index in [9.17, 15) is 0 Å². The first-order valence-electron chi connectivity index (χ1n) is 8.68. The van der Waals surface area contributed by atoms with Crippen molar-refractivity contribution in [2.24, 2.45) is 5.41 Å². The van der Waals surface area contributed by atoms with E-state index in [1.165, 1.54) is 42.2 Å². The van der Waals surface area contributed by atoms with Crippen LogP contribution in [0.15, 0.2) is 60.7 Å². The third-order valence-electron chi connectivity index (χ3n) is 5.30. The Morgan fingerprint density at radius 1 is 0.913 bits per heavy atom. The van der Waals surface area contributed by atoms with Crippen LogP contribution in [0.5, 0.6) is 0 Å². The topological polar surface area (TPSA) is 12.9 Å². The molecular formula is C22H23N. The Hall–Kier alpha value is -2.15. The van der Waals surface area contributed by atoms with E-state index in [-0.39, 0.29) is 0 Å². The van der Waals surface area contributed by atoms with E-state index < -0.39 is 0 Å². The van der Waals surface area contributed by atoms with Crippen LogP contribution in [-0.4, -0.2) is 4.98 Å². The van der Waals surface area contributed by atoms with Gasteiger partial charge in [0, 0.05) is 10.9 Å². The van der Waals surface area contributed by atoms with Gasteiger partial charge in [0.05, 0.1) is 11.2 Å². The Bertz CT molecular complexity index is 814. The molecule has 0 N–H and O–H groups in total. The lowest BCUT2D eigenvalue weighted by Gasteiger charge is -2.24. The smallest absolute Gasteiger partial charge is 0.0712 e. The molecule has 1 saturated carbocycles. The van der Waals surface area contributed by atoms with Crippen LogP contribution in [0, 0.1) is 5.41 Å². The Morgan fingerprint density at radius 2 is 1.61 bits per heavy atom. The molecule has 0 unspecified atom stereocenters. The zero-order valence-corrected chi connectivity index (χ0v) is 13.8. The highest BCUT2D eigenvalue weighted by atomic mass is 14.7. The van der Waals surface area contributed by atoms with E-state index in [1.54, 1.807) is 0 Å². The average molecular weight is 301 g/mol. The molecule has 1 heteroatoms. The summed E-state index contributed by atoms with van der Waals surface area (Å²) in [6.45, 7) is 2.46. The van der Waals surface area contributed by atoms with Crippen molar-refractivity contribution in [1.29, 1.82) is 0 Å². The van der Waals surface area contributed by atoms with Gasteiger partial charge in [0.15, 0.2) is 0 Å². The highest BCUT2D eigenvalue weighted by Crippen LogP contribution is 2.41. The van der Waals surface area contributed by atoms with Gasteiger partial charge in [-0.2, -0.15) is 0 Å². The fourth-order valence-corrected chi connectivity index (χ4v) is 4.02. The van der Waals surface area contributed by atoms with Crippen molar-refractivity contribution in [2.75, 3.05) is 0 Å². The van der Waals surface area contributed by atoms with Gasteiger partial charge in [0.25, 0.3) is 0 Å². The number of hydrogen-bond acceptors (Lipinski definition) is 1. The van der Waals surface area contributed by atoms with Gasteiger partial charge in [0.1, 0.15) is 0 Å². The van der Waals surface area contributed by atoms with Crippen molar-refractivity contribution < 1.29 is 0 Å². The number of aromatic nitrogens is 1. The molecule has 0 radical (unpaired) electrons. The van der Waals surface area contributed by atoms with E-state index in [4.69, 9.17) is 4.98 Å². The molecule has 116 valence electrons. The van der Waals surface area contributed by atoms with Gasteiger partial charge in [-0.1, -0.05) is 68.3 Å². The zero-order valence-electron chi connectivity index (χ0n) is 13.8. The Balaban J connectivity index is 1.84. The monoisotopic (exact) mass is 301 g/mol. The van der Waals surface area contributed by atoms with Gasteiger partial charge in [-0.05, 0) is 42.4 Å². The first kappa shape index (κ1) is 14.4. The fourth-order valence-electron chi connectivity index (χ4n) is 4.02. The van der Waals surface area contributed by atoms with Gasteiger partial charge in [0.2, 0.25) is 0 Å². The summed E-state index contributed by atoms with van der Waals surface area (Å²) >= 11 is 0. The lowest BCUT2D eigenvalue weighted by molar-refractivity contribution is 0.335. The molecular weight excluding hydrogens is 278 g/mol. The Kier molecular flexibility index (Phi) is 3.65. The van der Waals surface area contributed by atoms with Crippen LogP contribution in [0.4, 0.5) is 0 Å². The van der Waals surface area contributed by atoms with Crippen LogP contribution in [0.1, 0.15) is 38.2 Å². The molecule has 0 atom stereocenters. The maximum atomic E-state index is 4.90. The van der Waals surface area contributed by atoms with Crippen LogP contribution in [0.2, 0.25) is 0 Å². The number of fused-ring (bicyclic) bond motifs is 1. The van der Waals surface area contributed by atoms with Crippen molar-refractivity contribution in [3.63, 3.8) is 0 Å². The molecule has 1 heterocycles. The van der Waals surface area contributed by atoms with E-state index in [0.29, 0.717) is 5.41 Å². The molecule has 1 fully saturated rings. The predicted octanol–water partition coefficient (Wildman–Crippen LogP) is 6.02. The summed E-state index contributed by atoms with van der Waals surface area (Å²) in [6, 6.07) is 21.4. The molecule has 0 saturated heterocycles. The van der Waals surface area contributed by atoms with Crippen LogP contribution >= 0.6 is 0 Å². The average Bonchev–Trinajstić information content (AvgIpc) is 3.02. The molecule has 1 aliphatic rings. The van der Waals surface area contributed by atoms with Crippen LogP contribution in [0.25, 0.3) is 22.2 Å². The first-order valence-corrected chi connectivity index (χ1v) is 8.68. The number of benzene rings is 2. The molecule has 4 rings (SSSR count). The summed E-state index contributed by atoms with van der Waals surface area (Å²) in [4.78, 5) is 4.90. The summed E-state index contributed by atoms with van der Waals surface area (Å²) in [6.07, 6.45) is 6.63. The fraction of sp³-hybridized carbons (Fsp3) is 0.318. The quantitative estimate of drug-likeness (QED) is 0.576. The SMILES string of the molecule is CC1(Cc2cc(-c3ccccc3)nc3ccccc23)CCCC1. The summed E-state index contributed by atoms with van der Waals surface area (Å²) in [5.74, 6) is 0. The van der Waals surface area contributed by atoms with Gasteiger partial charge < -0.3 is 0 Å². The Labute approximate surface area is 138 Å². The van der Waals surface area contributed by atoms with Gasteiger partial charge >= 0.3 is 0 Å². The molecule has 23 heavy (non-hydrogen) atoms. The standard InChI is InChI=1S/C22H23N/c1-22(13-7-8-14-22)16-18-15-21(17-9-3-2-4-10-17)23-20-12-6-5-11-19(18)20/h2-6,9-12,15H,7-8,13-14,16H2,1H3. The van der Waals surface area contributed by atoms with Crippen molar-refractivity contribution in [1.82, 2.24) is 4.98 Å². The van der Waals surface area contributed by atoms with Crippen molar-refractivity contribution in [3.8, 4) is 11.3 Å². The molecule has 0 bridgehead atoms. The zero-order chi connectivity index (χ0) is 15.7. The lowest BCUT2D eigenvalue weighted by Crippen LogP contribution is -2.15. The summed E-state index contributed by atoms with van der Waals surface area (Å²) in [7, 11) is 0. The number of nitrogens with zero attached hydrogens (tertiary/aromatic N) is 1. The largest absolute Gasteiger partial charge is 0.248 e. The maximum Gasteiger partial charge on any atom is 0.0712 e. The molecule has 1 aliphatic carbocycles. The molecule has 2 aromatic carbocycles. The van der Waals surface area contributed by atoms with E-state index in [2.05, 4.69) is 67.6 Å². The van der Waals surface area contributed by atoms with E-state index in [0.717, 1.165) is 17.6 Å². The van der Waals surface area contributed by atoms with Crippen molar-refractivity contribution in [3.05, 3.63) is 66.2 Å². The highest BCUT2D eigenvalue weighted by Gasteiger charge is 2.29. The summed E-state index contributed by atoms with van der Waals surface area (Å²) in [5, 5.41) is 1.32. The Morgan fingerprint density at radius 3 is 2.39 bits per heavy atom. The number of rotatable bonds is 3. The summed E-state index contributed by atoms with van der Waals surface area (Å²) in [5.41, 5.74) is 5.33. The number of para-hydroxylation sites is 1. The minimum atomic E-state index is 0.456. The third kappa shape index (κ3) is 2.88. The second-order valence-corrected chi connectivity index (χ2v) is 7.24. The molecule has 3 aromatic rings. The normalized spacial score (nSPS) is 16.7. The van der Waals surface area contributed by atoms with Gasteiger partial charge in [-0.15, -0.1) is 0 Å². The third-order valence-corrected chi connectivity index (χ3v) is 5.30. The van der Waals surface area contributed by atoms with E-state index in [1.807, 2.05) is 0 Å². The highest BCUT2D eigenvalue weighted by molar-refractivity contribution is 5.85. The molecule has 1 nitrogen and oxygen atoms in total. The lowest BCUT2D eigenvalue weighted by atomic mass is 9.81. The number of pyridine rings is 1. The summed E-state index contributed by atoms with van der Waals surface area (Å²) < 4.78 is 0. The molecule has 0 amide bonds. The van der Waals surface area contributed by atoms with Gasteiger partial charge in [-0.3, -0.25) is 0 Å². The molecule has 1 aromatic heterocycles. The van der Waals surface area contributed by atoms with Crippen LogP contribution in [0.3, 0.4) is 0 Å². The second-order valence-electron chi connectivity index (χ2n) is 7.24. The maximum absolute atomic E-state index is 4.90. The molecule has 0 aliphatic heterocycles. The predicted molar refractivity (Wildman–Crippen MR) is 97.5 cm³/mol. The van der Waals surface area contributed by atoms with Crippen LogP contribution < -0.4 is 0 Å². The number of hydrogen-bond donors (Lipinski definition) is 0. The molecule has 0 spiro atoms.